The molecule has 0 bridgehead atoms. The maximum atomic E-state index is 11.0. The lowest BCUT2D eigenvalue weighted by molar-refractivity contribution is -0.157. The zero-order chi connectivity index (χ0) is 12.6. The largest absolute Gasteiger partial charge is 0.495 e. The normalized spacial score (nSPS) is 14.5. The number of carboxylic acid groups (broad SMARTS) is 1. The second-order valence-corrected chi connectivity index (χ2v) is 3.98. The van der Waals surface area contributed by atoms with E-state index in [4.69, 9.17) is 9.84 Å². The van der Waals surface area contributed by atoms with Gasteiger partial charge in [-0.3, -0.25) is 0 Å². The Kier molecular flexibility index (Phi) is 2.55. The predicted molar refractivity (Wildman–Crippen MR) is 62.1 cm³/mol. The van der Waals surface area contributed by atoms with Crippen LogP contribution in [0.2, 0.25) is 0 Å². The fraction of sp³-hybridized carbons (Fsp3) is 0.250. The molecule has 0 amide bonds. The summed E-state index contributed by atoms with van der Waals surface area (Å²) in [7, 11) is 1.53. The molecule has 90 valence electrons. The molecule has 0 aliphatic heterocycles. The number of carboxylic acids is 1. The number of aliphatic carboxylic acids is 1. The van der Waals surface area contributed by atoms with E-state index in [1.807, 2.05) is 6.07 Å². The van der Waals surface area contributed by atoms with Crippen molar-refractivity contribution in [1.29, 1.82) is 0 Å². The van der Waals surface area contributed by atoms with E-state index in [-0.39, 0.29) is 5.69 Å². The monoisotopic (exact) mass is 235 g/mol. The summed E-state index contributed by atoms with van der Waals surface area (Å²) < 4.78 is 5.15. The van der Waals surface area contributed by atoms with Crippen molar-refractivity contribution in [2.45, 2.75) is 12.5 Å². The average molecular weight is 235 g/mol. The van der Waals surface area contributed by atoms with Gasteiger partial charge < -0.3 is 19.9 Å². The van der Waals surface area contributed by atoms with Gasteiger partial charge in [0.05, 0.1) is 18.3 Å². The first-order chi connectivity index (χ1) is 7.96. The number of hydrogen-bond acceptors (Lipinski definition) is 3. The highest BCUT2D eigenvalue weighted by molar-refractivity contribution is 5.88. The predicted octanol–water partition coefficient (Wildman–Crippen LogP) is 1.47. The van der Waals surface area contributed by atoms with Crippen LogP contribution in [0.25, 0.3) is 10.9 Å². The van der Waals surface area contributed by atoms with Crippen LogP contribution in [0.5, 0.6) is 5.75 Å². The maximum absolute atomic E-state index is 11.0. The van der Waals surface area contributed by atoms with E-state index < -0.39 is 11.6 Å². The van der Waals surface area contributed by atoms with E-state index in [1.165, 1.54) is 14.0 Å². The van der Waals surface area contributed by atoms with Gasteiger partial charge in [0.2, 0.25) is 0 Å². The number of para-hydroxylation sites is 1. The number of rotatable bonds is 3. The number of fused-ring (bicyclic) bond motifs is 1. The second kappa shape index (κ2) is 3.78. The lowest BCUT2D eigenvalue weighted by Gasteiger charge is -2.15. The number of H-pyrrole nitrogens is 1. The van der Waals surface area contributed by atoms with Gasteiger partial charge in [-0.25, -0.2) is 4.79 Å². The third kappa shape index (κ3) is 1.74. The highest BCUT2D eigenvalue weighted by Gasteiger charge is 2.34. The lowest BCUT2D eigenvalue weighted by atomic mass is 10.0. The topological polar surface area (TPSA) is 82.6 Å². The maximum Gasteiger partial charge on any atom is 0.341 e. The molecule has 1 aromatic carbocycles. The number of aromatic amines is 1. The van der Waals surface area contributed by atoms with Crippen molar-refractivity contribution >= 4 is 16.9 Å². The molecule has 0 radical (unpaired) electrons. The molecule has 17 heavy (non-hydrogen) atoms. The van der Waals surface area contributed by atoms with Crippen LogP contribution in [0.4, 0.5) is 0 Å². The standard InChI is InChI=1S/C12H13NO4/c1-12(16,11(14)15)9-6-7-4-3-5-8(17-2)10(7)13-9/h3-6,13,16H,1-2H3,(H,14,15). The van der Waals surface area contributed by atoms with Crippen LogP contribution >= 0.6 is 0 Å². The number of aromatic nitrogens is 1. The first-order valence-corrected chi connectivity index (χ1v) is 5.09. The van der Waals surface area contributed by atoms with Crippen LogP contribution in [0.15, 0.2) is 24.3 Å². The number of nitrogens with one attached hydrogen (secondary N) is 1. The van der Waals surface area contributed by atoms with E-state index in [0.717, 1.165) is 5.39 Å². The smallest absolute Gasteiger partial charge is 0.341 e. The van der Waals surface area contributed by atoms with Crippen molar-refractivity contribution in [3.05, 3.63) is 30.0 Å². The Morgan fingerprint density at radius 3 is 2.76 bits per heavy atom. The number of carbonyl (C=O) groups is 1. The molecule has 0 fully saturated rings. The van der Waals surface area contributed by atoms with Gasteiger partial charge >= 0.3 is 5.97 Å². The second-order valence-electron chi connectivity index (χ2n) is 3.98. The van der Waals surface area contributed by atoms with Gasteiger partial charge in [-0.1, -0.05) is 12.1 Å². The SMILES string of the molecule is COc1cccc2cc(C(C)(O)C(=O)O)[nH]c12. The fourth-order valence-corrected chi connectivity index (χ4v) is 1.68. The van der Waals surface area contributed by atoms with Crippen LogP contribution in [0.1, 0.15) is 12.6 Å². The zero-order valence-electron chi connectivity index (χ0n) is 9.52. The first-order valence-electron chi connectivity index (χ1n) is 5.09. The van der Waals surface area contributed by atoms with E-state index in [2.05, 4.69) is 4.98 Å². The van der Waals surface area contributed by atoms with E-state index in [1.54, 1.807) is 18.2 Å². The molecule has 2 rings (SSSR count). The molecule has 5 nitrogen and oxygen atoms in total. The Balaban J connectivity index is 2.63. The minimum atomic E-state index is -1.94. The zero-order valence-corrected chi connectivity index (χ0v) is 9.52. The third-order valence-corrected chi connectivity index (χ3v) is 2.78. The summed E-state index contributed by atoms with van der Waals surface area (Å²) in [5, 5.41) is 19.6. The van der Waals surface area contributed by atoms with Crippen molar-refractivity contribution in [3.8, 4) is 5.75 Å². The molecule has 0 saturated carbocycles. The number of aliphatic hydroxyl groups is 1. The number of hydrogen-bond donors (Lipinski definition) is 3. The fourth-order valence-electron chi connectivity index (χ4n) is 1.68. The molecule has 1 heterocycles. The van der Waals surface area contributed by atoms with Crippen molar-refractivity contribution in [2.24, 2.45) is 0 Å². The molecule has 0 saturated heterocycles. The summed E-state index contributed by atoms with van der Waals surface area (Å²) in [6.45, 7) is 1.23. The van der Waals surface area contributed by atoms with Crippen molar-refractivity contribution in [3.63, 3.8) is 0 Å². The first kappa shape index (κ1) is 11.5. The number of methoxy groups -OCH3 is 1. The van der Waals surface area contributed by atoms with Gasteiger partial charge in [0, 0.05) is 5.39 Å². The van der Waals surface area contributed by atoms with E-state index in [0.29, 0.717) is 11.3 Å². The quantitative estimate of drug-likeness (QED) is 0.752. The summed E-state index contributed by atoms with van der Waals surface area (Å²) in [5.74, 6) is -0.696. The Bertz CT molecular complexity index is 571. The average Bonchev–Trinajstić information content (AvgIpc) is 2.72. The molecular weight excluding hydrogens is 222 g/mol. The van der Waals surface area contributed by atoms with Gasteiger partial charge in [0.25, 0.3) is 0 Å². The molecule has 0 aliphatic rings. The highest BCUT2D eigenvalue weighted by Crippen LogP contribution is 2.29. The third-order valence-electron chi connectivity index (χ3n) is 2.78. The van der Waals surface area contributed by atoms with Gasteiger partial charge in [-0.05, 0) is 19.1 Å². The minimum absolute atomic E-state index is 0.226. The molecular formula is C12H13NO4. The van der Waals surface area contributed by atoms with Crippen LogP contribution in [0, 0.1) is 0 Å². The van der Waals surface area contributed by atoms with Gasteiger partial charge in [-0.15, -0.1) is 0 Å². The van der Waals surface area contributed by atoms with Gasteiger partial charge in [0.15, 0.2) is 5.60 Å². The van der Waals surface area contributed by atoms with Crippen LogP contribution < -0.4 is 4.74 Å². The van der Waals surface area contributed by atoms with Crippen molar-refractivity contribution < 1.29 is 19.7 Å². The van der Waals surface area contributed by atoms with E-state index >= 15 is 0 Å². The molecule has 1 unspecified atom stereocenters. The van der Waals surface area contributed by atoms with Crippen molar-refractivity contribution in [1.82, 2.24) is 4.98 Å². The van der Waals surface area contributed by atoms with Crippen molar-refractivity contribution in [2.75, 3.05) is 7.11 Å². The molecule has 0 aliphatic carbocycles. The van der Waals surface area contributed by atoms with Crippen LogP contribution in [-0.4, -0.2) is 28.3 Å². The summed E-state index contributed by atoms with van der Waals surface area (Å²) >= 11 is 0. The Hall–Kier alpha value is -2.01. The lowest BCUT2D eigenvalue weighted by Crippen LogP contribution is -2.32. The highest BCUT2D eigenvalue weighted by atomic mass is 16.5. The Morgan fingerprint density at radius 1 is 1.47 bits per heavy atom. The molecule has 5 heteroatoms. The molecule has 1 atom stereocenters. The summed E-state index contributed by atoms with van der Waals surface area (Å²) in [6.07, 6.45) is 0. The van der Waals surface area contributed by atoms with Gasteiger partial charge in [-0.2, -0.15) is 0 Å². The van der Waals surface area contributed by atoms with Crippen LogP contribution in [0.3, 0.4) is 0 Å². The molecule has 1 aromatic heterocycles. The summed E-state index contributed by atoms with van der Waals surface area (Å²) in [6, 6.07) is 6.98. The van der Waals surface area contributed by atoms with Gasteiger partial charge in [0.1, 0.15) is 5.75 Å². The summed E-state index contributed by atoms with van der Waals surface area (Å²) in [4.78, 5) is 13.8. The molecule has 2 aromatic rings. The number of ether oxygens (including phenoxy) is 1. The Labute approximate surface area is 97.6 Å². The number of benzene rings is 1. The van der Waals surface area contributed by atoms with Crippen LogP contribution in [-0.2, 0) is 10.4 Å². The Morgan fingerprint density at radius 2 is 2.18 bits per heavy atom. The van der Waals surface area contributed by atoms with E-state index in [9.17, 15) is 9.90 Å². The minimum Gasteiger partial charge on any atom is -0.495 e. The summed E-state index contributed by atoms with van der Waals surface area (Å²) in [5.41, 5.74) is -1.04. The molecule has 0 spiro atoms. The molecule has 3 N–H and O–H groups in total.